The molecule has 1 aromatic carbocycles. The second kappa shape index (κ2) is 6.92. The molecular formula is C17H17N3O3S. The third kappa shape index (κ3) is 3.21. The number of aromatic nitrogens is 2. The fraction of sp³-hybridized carbons (Fsp3) is 0.235. The topological polar surface area (TPSA) is 84.1 Å². The minimum atomic E-state index is -0.349. The highest BCUT2D eigenvalue weighted by Gasteiger charge is 2.31. The van der Waals surface area contributed by atoms with Gasteiger partial charge in [0.1, 0.15) is 11.6 Å². The zero-order chi connectivity index (χ0) is 17.1. The van der Waals surface area contributed by atoms with E-state index < -0.39 is 0 Å². The van der Waals surface area contributed by atoms with Gasteiger partial charge in [0.25, 0.3) is 5.56 Å². The molecule has 0 unspecified atom stereocenters. The number of amides is 1. The molecule has 124 valence electrons. The molecule has 1 atom stereocenters. The molecule has 1 aromatic heterocycles. The van der Waals surface area contributed by atoms with Crippen LogP contribution < -0.4 is 15.6 Å². The number of hydrogen-bond donors (Lipinski definition) is 2. The fourth-order valence-electron chi connectivity index (χ4n) is 2.70. The molecule has 0 saturated heterocycles. The minimum Gasteiger partial charge on any atom is -0.497 e. The van der Waals surface area contributed by atoms with Crippen molar-refractivity contribution >= 4 is 23.5 Å². The highest BCUT2D eigenvalue weighted by Crippen LogP contribution is 2.35. The predicted molar refractivity (Wildman–Crippen MR) is 93.9 cm³/mol. The molecule has 0 radical (unpaired) electrons. The number of ether oxygens (including phenoxy) is 1. The highest BCUT2D eigenvalue weighted by atomic mass is 32.2. The summed E-state index contributed by atoms with van der Waals surface area (Å²) in [7, 11) is 1.58. The lowest BCUT2D eigenvalue weighted by molar-refractivity contribution is -0.116. The summed E-state index contributed by atoms with van der Waals surface area (Å²) in [5.41, 5.74) is 1.09. The number of methoxy groups -OCH3 is 1. The Labute approximate surface area is 143 Å². The van der Waals surface area contributed by atoms with Crippen molar-refractivity contribution in [1.82, 2.24) is 9.97 Å². The lowest BCUT2D eigenvalue weighted by Gasteiger charge is -2.24. The van der Waals surface area contributed by atoms with Crippen molar-refractivity contribution in [2.75, 3.05) is 18.2 Å². The van der Waals surface area contributed by atoms with Crippen LogP contribution in [-0.4, -0.2) is 28.7 Å². The maximum absolute atomic E-state index is 12.6. The maximum Gasteiger partial charge on any atom is 0.257 e. The molecule has 3 rings (SSSR count). The van der Waals surface area contributed by atoms with Crippen LogP contribution in [0.1, 0.15) is 23.5 Å². The summed E-state index contributed by atoms with van der Waals surface area (Å²) in [6.45, 7) is 3.64. The second-order valence-corrected chi connectivity index (χ2v) is 6.32. The van der Waals surface area contributed by atoms with E-state index in [9.17, 15) is 9.59 Å². The quantitative estimate of drug-likeness (QED) is 0.495. The average Bonchev–Trinajstić information content (AvgIpc) is 2.59. The summed E-state index contributed by atoms with van der Waals surface area (Å²) >= 11 is 1.36. The Hall–Kier alpha value is -2.54. The number of nitrogens with zero attached hydrogens (tertiary/aromatic N) is 1. The van der Waals surface area contributed by atoms with Crippen LogP contribution in [0.4, 0.5) is 5.82 Å². The van der Waals surface area contributed by atoms with Crippen LogP contribution in [0.25, 0.3) is 0 Å². The van der Waals surface area contributed by atoms with E-state index in [1.807, 2.05) is 24.3 Å². The highest BCUT2D eigenvalue weighted by molar-refractivity contribution is 7.99. The average molecular weight is 343 g/mol. The first kappa shape index (κ1) is 16.3. The van der Waals surface area contributed by atoms with Crippen molar-refractivity contribution in [2.24, 2.45) is 0 Å². The number of H-pyrrole nitrogens is 1. The van der Waals surface area contributed by atoms with Gasteiger partial charge in [-0.05, 0) is 17.7 Å². The van der Waals surface area contributed by atoms with Gasteiger partial charge in [-0.1, -0.05) is 30.0 Å². The minimum absolute atomic E-state index is 0.159. The number of hydrogen-bond acceptors (Lipinski definition) is 5. The van der Waals surface area contributed by atoms with Crippen LogP contribution in [0.3, 0.4) is 0 Å². The predicted octanol–water partition coefficient (Wildman–Crippen LogP) is 2.53. The van der Waals surface area contributed by atoms with Crippen molar-refractivity contribution in [3.05, 3.63) is 58.4 Å². The molecule has 1 aliphatic rings. The number of aromatic amines is 1. The van der Waals surface area contributed by atoms with Gasteiger partial charge in [0.05, 0.1) is 12.7 Å². The van der Waals surface area contributed by atoms with Gasteiger partial charge in [-0.15, -0.1) is 6.58 Å². The van der Waals surface area contributed by atoms with E-state index in [0.717, 1.165) is 5.56 Å². The smallest absolute Gasteiger partial charge is 0.257 e. The Morgan fingerprint density at radius 2 is 2.29 bits per heavy atom. The lowest BCUT2D eigenvalue weighted by Crippen LogP contribution is -2.31. The van der Waals surface area contributed by atoms with Gasteiger partial charge in [-0.2, -0.15) is 0 Å². The van der Waals surface area contributed by atoms with Gasteiger partial charge in [-0.25, -0.2) is 4.98 Å². The maximum atomic E-state index is 12.6. The van der Waals surface area contributed by atoms with Crippen molar-refractivity contribution < 1.29 is 9.53 Å². The van der Waals surface area contributed by atoms with Crippen LogP contribution in [0.5, 0.6) is 5.75 Å². The number of carbonyl (C=O) groups excluding carboxylic acids is 1. The largest absolute Gasteiger partial charge is 0.497 e. The first-order chi connectivity index (χ1) is 11.6. The van der Waals surface area contributed by atoms with E-state index in [0.29, 0.717) is 28.0 Å². The summed E-state index contributed by atoms with van der Waals surface area (Å²) in [5.74, 6) is 1.12. The molecule has 2 N–H and O–H groups in total. The number of carbonyl (C=O) groups is 1. The molecular weight excluding hydrogens is 326 g/mol. The first-order valence-corrected chi connectivity index (χ1v) is 8.42. The second-order valence-electron chi connectivity index (χ2n) is 5.31. The number of nitrogens with one attached hydrogen (secondary N) is 2. The summed E-state index contributed by atoms with van der Waals surface area (Å²) in [5, 5.41) is 3.17. The van der Waals surface area contributed by atoms with Gasteiger partial charge in [0.2, 0.25) is 5.91 Å². The molecule has 24 heavy (non-hydrogen) atoms. The Morgan fingerprint density at radius 3 is 3.04 bits per heavy atom. The van der Waals surface area contributed by atoms with Crippen molar-refractivity contribution in [3.8, 4) is 5.75 Å². The third-order valence-corrected chi connectivity index (χ3v) is 4.63. The van der Waals surface area contributed by atoms with Gasteiger partial charge in [0.15, 0.2) is 5.16 Å². The normalized spacial score (nSPS) is 16.2. The van der Waals surface area contributed by atoms with Crippen LogP contribution in [0.2, 0.25) is 0 Å². The van der Waals surface area contributed by atoms with E-state index in [-0.39, 0.29) is 23.8 Å². The zero-order valence-corrected chi connectivity index (χ0v) is 14.0. The molecule has 1 amide bonds. The Bertz CT molecular complexity index is 847. The fourth-order valence-corrected chi connectivity index (χ4v) is 3.30. The molecule has 2 heterocycles. The Balaban J connectivity index is 2.07. The molecule has 2 aromatic rings. The van der Waals surface area contributed by atoms with Crippen molar-refractivity contribution in [1.29, 1.82) is 0 Å². The van der Waals surface area contributed by atoms with Gasteiger partial charge in [-0.3, -0.25) is 9.59 Å². The van der Waals surface area contributed by atoms with Gasteiger partial charge < -0.3 is 15.0 Å². The van der Waals surface area contributed by atoms with Gasteiger partial charge >= 0.3 is 0 Å². The molecule has 1 aliphatic heterocycles. The van der Waals surface area contributed by atoms with Crippen molar-refractivity contribution in [3.63, 3.8) is 0 Å². The van der Waals surface area contributed by atoms with E-state index >= 15 is 0 Å². The lowest BCUT2D eigenvalue weighted by atomic mass is 9.87. The summed E-state index contributed by atoms with van der Waals surface area (Å²) < 4.78 is 5.24. The molecule has 0 fully saturated rings. The van der Waals surface area contributed by atoms with Crippen molar-refractivity contribution in [2.45, 2.75) is 17.5 Å². The number of fused-ring (bicyclic) bond motifs is 1. The van der Waals surface area contributed by atoms with Crippen LogP contribution in [-0.2, 0) is 4.79 Å². The Kier molecular flexibility index (Phi) is 4.71. The number of benzene rings is 1. The summed E-state index contributed by atoms with van der Waals surface area (Å²) in [4.78, 5) is 31.8. The van der Waals surface area contributed by atoms with E-state index in [4.69, 9.17) is 4.74 Å². The first-order valence-electron chi connectivity index (χ1n) is 7.44. The third-order valence-electron chi connectivity index (χ3n) is 3.76. The van der Waals surface area contributed by atoms with E-state index in [1.165, 1.54) is 11.8 Å². The Morgan fingerprint density at radius 1 is 1.46 bits per heavy atom. The molecule has 7 heteroatoms. The SMILES string of the molecule is C=CCSc1nc2c(c(=O)[nH]1)[C@H](c1cccc(OC)c1)CC(=O)N2. The molecule has 0 aliphatic carbocycles. The summed E-state index contributed by atoms with van der Waals surface area (Å²) in [6.07, 6.45) is 1.92. The molecule has 0 spiro atoms. The van der Waals surface area contributed by atoms with Crippen LogP contribution >= 0.6 is 11.8 Å². The number of thioether (sulfide) groups is 1. The molecule has 6 nitrogen and oxygen atoms in total. The molecule has 0 bridgehead atoms. The van der Waals surface area contributed by atoms with Crippen LogP contribution in [0.15, 0.2) is 46.9 Å². The monoisotopic (exact) mass is 343 g/mol. The van der Waals surface area contributed by atoms with Crippen LogP contribution in [0, 0.1) is 0 Å². The van der Waals surface area contributed by atoms with E-state index in [1.54, 1.807) is 13.2 Å². The summed E-state index contributed by atoms with van der Waals surface area (Å²) in [6, 6.07) is 7.39. The number of rotatable bonds is 5. The van der Waals surface area contributed by atoms with E-state index in [2.05, 4.69) is 21.9 Å². The van der Waals surface area contributed by atoms with Gasteiger partial charge in [0, 0.05) is 18.1 Å². The standard InChI is InChI=1S/C17H17N3O3S/c1-3-7-24-17-19-15-14(16(22)20-17)12(9-13(21)18-15)10-5-4-6-11(8-10)23-2/h3-6,8,12H,1,7,9H2,2H3,(H2,18,19,20,21,22)/t12-/m0/s1. The molecule has 0 saturated carbocycles. The number of anilines is 1. The zero-order valence-electron chi connectivity index (χ0n) is 13.2.